The molecule has 0 unspecified atom stereocenters. The van der Waals surface area contributed by atoms with Crippen LogP contribution in [0.4, 0.5) is 11.4 Å². The number of hydrogen-bond donors (Lipinski definition) is 0. The van der Waals surface area contributed by atoms with Crippen LogP contribution in [0.15, 0.2) is 66.9 Å². The molecule has 0 fully saturated rings. The van der Waals surface area contributed by atoms with Crippen molar-refractivity contribution in [2.24, 2.45) is 0 Å². The van der Waals surface area contributed by atoms with Crippen LogP contribution in [-0.4, -0.2) is 12.0 Å². The second kappa shape index (κ2) is 6.53. The molecule has 0 bridgehead atoms. The Morgan fingerprint density at radius 2 is 1.57 bits per heavy atom. The molecule has 0 N–H and O–H groups in total. The van der Waals surface area contributed by atoms with E-state index >= 15 is 0 Å². The maximum atomic E-state index is 5.72. The van der Waals surface area contributed by atoms with Gasteiger partial charge in [-0.2, -0.15) is 0 Å². The third-order valence-corrected chi connectivity index (χ3v) is 3.96. The Balaban J connectivity index is 1.77. The standard InChI is InChI=1S/C20H20N2O/c1-15-7-8-18(14-16(15)2)22(3)17-9-11-19(12-10-17)23-20-6-4-5-13-21-20/h4-14H,1-3H3. The molecule has 3 heteroatoms. The van der Waals surface area contributed by atoms with Crippen molar-refractivity contribution in [2.45, 2.75) is 13.8 Å². The van der Waals surface area contributed by atoms with Crippen LogP contribution >= 0.6 is 0 Å². The quantitative estimate of drug-likeness (QED) is 0.657. The molecule has 3 aromatic rings. The summed E-state index contributed by atoms with van der Waals surface area (Å²) in [6.07, 6.45) is 1.72. The van der Waals surface area contributed by atoms with E-state index in [0.29, 0.717) is 5.88 Å². The zero-order valence-corrected chi connectivity index (χ0v) is 13.7. The van der Waals surface area contributed by atoms with Crippen molar-refractivity contribution in [3.8, 4) is 11.6 Å². The molecule has 116 valence electrons. The third-order valence-electron chi connectivity index (χ3n) is 3.96. The van der Waals surface area contributed by atoms with E-state index in [4.69, 9.17) is 4.74 Å². The van der Waals surface area contributed by atoms with E-state index in [1.807, 2.05) is 42.5 Å². The van der Waals surface area contributed by atoms with Crippen LogP contribution in [0.5, 0.6) is 11.6 Å². The summed E-state index contributed by atoms with van der Waals surface area (Å²) >= 11 is 0. The Labute approximate surface area is 137 Å². The summed E-state index contributed by atoms with van der Waals surface area (Å²) in [5, 5.41) is 0. The number of hydrogen-bond acceptors (Lipinski definition) is 3. The van der Waals surface area contributed by atoms with Crippen LogP contribution in [0, 0.1) is 13.8 Å². The minimum absolute atomic E-state index is 0.600. The van der Waals surface area contributed by atoms with Crippen LogP contribution in [0.1, 0.15) is 11.1 Å². The largest absolute Gasteiger partial charge is 0.439 e. The minimum Gasteiger partial charge on any atom is -0.439 e. The van der Waals surface area contributed by atoms with Gasteiger partial charge < -0.3 is 9.64 Å². The van der Waals surface area contributed by atoms with Crippen molar-refractivity contribution < 1.29 is 4.74 Å². The van der Waals surface area contributed by atoms with E-state index < -0.39 is 0 Å². The normalized spacial score (nSPS) is 10.4. The lowest BCUT2D eigenvalue weighted by atomic mass is 10.1. The Morgan fingerprint density at radius 1 is 0.826 bits per heavy atom. The van der Waals surface area contributed by atoms with Crippen LogP contribution in [0.3, 0.4) is 0 Å². The van der Waals surface area contributed by atoms with E-state index in [0.717, 1.165) is 11.4 Å². The lowest BCUT2D eigenvalue weighted by Gasteiger charge is -2.20. The smallest absolute Gasteiger partial charge is 0.219 e. The highest BCUT2D eigenvalue weighted by Gasteiger charge is 2.06. The Hall–Kier alpha value is -2.81. The molecule has 2 aromatic carbocycles. The first-order valence-electron chi connectivity index (χ1n) is 7.63. The number of nitrogens with zero attached hydrogens (tertiary/aromatic N) is 2. The molecule has 0 spiro atoms. The summed E-state index contributed by atoms with van der Waals surface area (Å²) in [6.45, 7) is 4.26. The fraction of sp³-hybridized carbons (Fsp3) is 0.150. The molecule has 23 heavy (non-hydrogen) atoms. The number of ether oxygens (including phenoxy) is 1. The van der Waals surface area contributed by atoms with Crippen molar-refractivity contribution in [3.63, 3.8) is 0 Å². The maximum absolute atomic E-state index is 5.72. The number of rotatable bonds is 4. The van der Waals surface area contributed by atoms with E-state index in [-0.39, 0.29) is 0 Å². The average Bonchev–Trinajstić information content (AvgIpc) is 2.58. The van der Waals surface area contributed by atoms with Gasteiger partial charge in [0.15, 0.2) is 0 Å². The fourth-order valence-corrected chi connectivity index (χ4v) is 2.35. The van der Waals surface area contributed by atoms with Crippen molar-refractivity contribution in [1.29, 1.82) is 0 Å². The van der Waals surface area contributed by atoms with Gasteiger partial charge in [0, 0.05) is 30.7 Å². The highest BCUT2D eigenvalue weighted by Crippen LogP contribution is 2.28. The van der Waals surface area contributed by atoms with E-state index in [1.165, 1.54) is 16.8 Å². The van der Waals surface area contributed by atoms with Gasteiger partial charge in [-0.15, -0.1) is 0 Å². The molecule has 3 rings (SSSR count). The second-order valence-corrected chi connectivity index (χ2v) is 5.59. The van der Waals surface area contributed by atoms with Crippen LogP contribution in [0.25, 0.3) is 0 Å². The average molecular weight is 304 g/mol. The van der Waals surface area contributed by atoms with Gasteiger partial charge in [-0.3, -0.25) is 0 Å². The summed E-state index contributed by atoms with van der Waals surface area (Å²) in [6, 6.07) is 20.1. The summed E-state index contributed by atoms with van der Waals surface area (Å²) in [7, 11) is 2.07. The van der Waals surface area contributed by atoms with Crippen molar-refractivity contribution in [1.82, 2.24) is 4.98 Å². The minimum atomic E-state index is 0.600. The molecule has 0 aliphatic rings. The monoisotopic (exact) mass is 304 g/mol. The molecule has 0 saturated heterocycles. The maximum Gasteiger partial charge on any atom is 0.219 e. The van der Waals surface area contributed by atoms with Crippen LogP contribution < -0.4 is 9.64 Å². The highest BCUT2D eigenvalue weighted by molar-refractivity contribution is 5.64. The number of pyridine rings is 1. The summed E-state index contributed by atoms with van der Waals surface area (Å²) in [5.41, 5.74) is 4.89. The first-order chi connectivity index (χ1) is 11.1. The van der Waals surface area contributed by atoms with Crippen LogP contribution in [0.2, 0.25) is 0 Å². The summed E-state index contributed by atoms with van der Waals surface area (Å²) in [4.78, 5) is 6.33. The van der Waals surface area contributed by atoms with Gasteiger partial charge in [-0.05, 0) is 67.4 Å². The Kier molecular flexibility index (Phi) is 4.29. The predicted octanol–water partition coefficient (Wildman–Crippen LogP) is 5.26. The van der Waals surface area contributed by atoms with Gasteiger partial charge >= 0.3 is 0 Å². The second-order valence-electron chi connectivity index (χ2n) is 5.59. The van der Waals surface area contributed by atoms with E-state index in [9.17, 15) is 0 Å². The lowest BCUT2D eigenvalue weighted by Crippen LogP contribution is -2.09. The third kappa shape index (κ3) is 3.51. The predicted molar refractivity (Wildman–Crippen MR) is 94.7 cm³/mol. The Bertz CT molecular complexity index is 782. The van der Waals surface area contributed by atoms with Gasteiger partial charge in [0.1, 0.15) is 5.75 Å². The topological polar surface area (TPSA) is 25.4 Å². The molecule has 0 atom stereocenters. The van der Waals surface area contributed by atoms with Gasteiger partial charge in [0.05, 0.1) is 0 Å². The number of benzene rings is 2. The van der Waals surface area contributed by atoms with Gasteiger partial charge in [0.2, 0.25) is 5.88 Å². The molecule has 1 aromatic heterocycles. The molecule has 3 nitrogen and oxygen atoms in total. The van der Waals surface area contributed by atoms with Crippen molar-refractivity contribution >= 4 is 11.4 Å². The number of aryl methyl sites for hydroxylation is 2. The highest BCUT2D eigenvalue weighted by atomic mass is 16.5. The Morgan fingerprint density at radius 3 is 2.22 bits per heavy atom. The molecule has 0 amide bonds. The SMILES string of the molecule is Cc1ccc(N(C)c2ccc(Oc3ccccn3)cc2)cc1C. The van der Waals surface area contributed by atoms with E-state index in [1.54, 1.807) is 6.20 Å². The first kappa shape index (κ1) is 15.1. The molecular weight excluding hydrogens is 284 g/mol. The molecule has 1 heterocycles. The molecule has 0 aliphatic heterocycles. The fourth-order valence-electron chi connectivity index (χ4n) is 2.35. The zero-order chi connectivity index (χ0) is 16.2. The van der Waals surface area contributed by atoms with Gasteiger partial charge in [-0.25, -0.2) is 4.98 Å². The van der Waals surface area contributed by atoms with Crippen molar-refractivity contribution in [2.75, 3.05) is 11.9 Å². The molecule has 0 saturated carbocycles. The lowest BCUT2D eigenvalue weighted by molar-refractivity contribution is 0.463. The number of aromatic nitrogens is 1. The van der Waals surface area contributed by atoms with Gasteiger partial charge in [0.25, 0.3) is 0 Å². The van der Waals surface area contributed by atoms with Gasteiger partial charge in [-0.1, -0.05) is 12.1 Å². The summed E-state index contributed by atoms with van der Waals surface area (Å²) in [5.74, 6) is 1.38. The number of anilines is 2. The summed E-state index contributed by atoms with van der Waals surface area (Å²) < 4.78 is 5.72. The molecule has 0 aliphatic carbocycles. The van der Waals surface area contributed by atoms with Crippen molar-refractivity contribution in [3.05, 3.63) is 78.0 Å². The molecule has 0 radical (unpaired) electrons. The van der Waals surface area contributed by atoms with E-state index in [2.05, 4.69) is 49.0 Å². The molecular formula is C20H20N2O. The van der Waals surface area contributed by atoms with Crippen LogP contribution in [-0.2, 0) is 0 Å². The first-order valence-corrected chi connectivity index (χ1v) is 7.63. The zero-order valence-electron chi connectivity index (χ0n) is 13.7.